The Kier molecular flexibility index (Phi) is 3.77. The highest BCUT2D eigenvalue weighted by Crippen LogP contribution is 2.27. The Labute approximate surface area is 110 Å². The van der Waals surface area contributed by atoms with Crippen LogP contribution in [0.5, 0.6) is 0 Å². The van der Waals surface area contributed by atoms with E-state index in [0.29, 0.717) is 23.7 Å². The average Bonchev–Trinajstić information content (AvgIpc) is 2.78. The molecule has 0 bridgehead atoms. The number of carbonyl (C=O) groups is 2. The van der Waals surface area contributed by atoms with Crippen molar-refractivity contribution in [3.63, 3.8) is 0 Å². The fraction of sp³-hybridized carbons (Fsp3) is 0.583. The maximum atomic E-state index is 12.1. The number of ketones is 1. The summed E-state index contributed by atoms with van der Waals surface area (Å²) in [6, 6.07) is 0. The molecule has 0 radical (unpaired) electrons. The van der Waals surface area contributed by atoms with Crippen molar-refractivity contribution < 1.29 is 9.59 Å². The first-order valence-corrected chi connectivity index (χ1v) is 6.96. The van der Waals surface area contributed by atoms with Gasteiger partial charge >= 0.3 is 0 Å². The minimum Gasteiger partial charge on any atom is -0.317 e. The fourth-order valence-corrected chi connectivity index (χ4v) is 2.87. The second-order valence-corrected chi connectivity index (χ2v) is 5.62. The zero-order valence-corrected chi connectivity index (χ0v) is 11.2. The van der Waals surface area contributed by atoms with E-state index in [1.54, 1.807) is 5.38 Å². The molecule has 1 amide bonds. The molecule has 0 atom stereocenters. The highest BCUT2D eigenvalue weighted by molar-refractivity contribution is 7.14. The van der Waals surface area contributed by atoms with Crippen LogP contribution in [-0.2, 0) is 4.79 Å². The molecule has 0 aromatic carbocycles. The van der Waals surface area contributed by atoms with E-state index >= 15 is 0 Å². The van der Waals surface area contributed by atoms with E-state index in [-0.39, 0.29) is 11.7 Å². The Morgan fingerprint density at radius 2 is 2.06 bits per heavy atom. The van der Waals surface area contributed by atoms with Crippen LogP contribution in [0.4, 0.5) is 5.13 Å². The Morgan fingerprint density at radius 3 is 2.61 bits per heavy atom. The number of rotatable bonds is 3. The number of Topliss-reactive ketones (excluding diaryl/α,β-unsaturated/α-hetero) is 1. The fourth-order valence-electron chi connectivity index (χ4n) is 2.12. The number of hydrogen-bond donors (Lipinski definition) is 2. The Balaban J connectivity index is 2.03. The number of carbonyl (C=O) groups excluding carboxylic acids is 2. The van der Waals surface area contributed by atoms with Gasteiger partial charge in [0.15, 0.2) is 10.9 Å². The van der Waals surface area contributed by atoms with Gasteiger partial charge in [-0.1, -0.05) is 19.3 Å². The van der Waals surface area contributed by atoms with Gasteiger partial charge in [-0.15, -0.1) is 11.3 Å². The first kappa shape index (κ1) is 13.2. The number of nitrogens with one attached hydrogen (secondary N) is 1. The van der Waals surface area contributed by atoms with E-state index in [9.17, 15) is 9.59 Å². The third kappa shape index (κ3) is 2.76. The number of amides is 1. The van der Waals surface area contributed by atoms with Crippen LogP contribution in [0.25, 0.3) is 0 Å². The van der Waals surface area contributed by atoms with Crippen molar-refractivity contribution >= 4 is 28.2 Å². The van der Waals surface area contributed by atoms with Crippen LogP contribution >= 0.6 is 11.3 Å². The van der Waals surface area contributed by atoms with Crippen LogP contribution in [0.15, 0.2) is 5.38 Å². The summed E-state index contributed by atoms with van der Waals surface area (Å²) in [6.07, 6.45) is 4.53. The molecule has 1 fully saturated rings. The minimum atomic E-state index is -0.777. The summed E-state index contributed by atoms with van der Waals surface area (Å²) in [5, 5.41) is 4.80. The summed E-state index contributed by atoms with van der Waals surface area (Å²) < 4.78 is 0. The quantitative estimate of drug-likeness (QED) is 0.820. The molecule has 1 aliphatic rings. The molecule has 18 heavy (non-hydrogen) atoms. The summed E-state index contributed by atoms with van der Waals surface area (Å²) in [6.45, 7) is 1.45. The third-order valence-electron chi connectivity index (χ3n) is 3.28. The summed E-state index contributed by atoms with van der Waals surface area (Å²) in [5.41, 5.74) is 5.72. The molecule has 6 heteroatoms. The molecule has 3 N–H and O–H groups in total. The highest BCUT2D eigenvalue weighted by Gasteiger charge is 2.35. The van der Waals surface area contributed by atoms with Gasteiger partial charge in [0, 0.05) is 12.3 Å². The Morgan fingerprint density at radius 1 is 1.39 bits per heavy atom. The zero-order valence-electron chi connectivity index (χ0n) is 10.4. The lowest BCUT2D eigenvalue weighted by atomic mass is 9.82. The second-order valence-electron chi connectivity index (χ2n) is 4.77. The van der Waals surface area contributed by atoms with Gasteiger partial charge in [-0.3, -0.25) is 9.59 Å². The van der Waals surface area contributed by atoms with Gasteiger partial charge in [-0.05, 0) is 12.8 Å². The van der Waals surface area contributed by atoms with E-state index in [0.717, 1.165) is 19.3 Å². The summed E-state index contributed by atoms with van der Waals surface area (Å²) >= 11 is 1.25. The van der Waals surface area contributed by atoms with Crippen LogP contribution in [0.2, 0.25) is 0 Å². The molecule has 0 unspecified atom stereocenters. The molecule has 0 aliphatic heterocycles. The first-order chi connectivity index (χ1) is 8.51. The normalized spacial score (nSPS) is 18.3. The number of nitrogens with zero attached hydrogens (tertiary/aromatic N) is 1. The number of aromatic nitrogens is 1. The standard InChI is InChI=1S/C12H17N3O2S/c1-8(16)9-7-18-11(14-9)15-10(17)12(13)5-3-2-4-6-12/h7H,2-6,13H2,1H3,(H,14,15,17). The van der Waals surface area contributed by atoms with Crippen molar-refractivity contribution in [2.24, 2.45) is 5.73 Å². The zero-order chi connectivity index (χ0) is 13.2. The summed E-state index contributed by atoms with van der Waals surface area (Å²) in [7, 11) is 0. The molecular formula is C12H17N3O2S. The molecule has 2 rings (SSSR count). The van der Waals surface area contributed by atoms with E-state index in [4.69, 9.17) is 5.73 Å². The predicted molar refractivity (Wildman–Crippen MR) is 70.8 cm³/mol. The van der Waals surface area contributed by atoms with E-state index in [2.05, 4.69) is 10.3 Å². The number of hydrogen-bond acceptors (Lipinski definition) is 5. The van der Waals surface area contributed by atoms with Crippen molar-refractivity contribution in [1.82, 2.24) is 4.98 Å². The van der Waals surface area contributed by atoms with Gasteiger partial charge in [0.05, 0.1) is 5.54 Å². The molecular weight excluding hydrogens is 250 g/mol. The first-order valence-electron chi connectivity index (χ1n) is 6.08. The van der Waals surface area contributed by atoms with Crippen molar-refractivity contribution in [3.8, 4) is 0 Å². The van der Waals surface area contributed by atoms with Gasteiger partial charge in [-0.2, -0.15) is 0 Å². The largest absolute Gasteiger partial charge is 0.317 e. The molecule has 1 aromatic heterocycles. The number of anilines is 1. The number of thiazole rings is 1. The van der Waals surface area contributed by atoms with Gasteiger partial charge in [0.2, 0.25) is 5.91 Å². The van der Waals surface area contributed by atoms with Crippen LogP contribution in [0.3, 0.4) is 0 Å². The monoisotopic (exact) mass is 267 g/mol. The lowest BCUT2D eigenvalue weighted by molar-refractivity contribution is -0.122. The van der Waals surface area contributed by atoms with Crippen LogP contribution in [0, 0.1) is 0 Å². The van der Waals surface area contributed by atoms with Crippen molar-refractivity contribution in [2.75, 3.05) is 5.32 Å². The molecule has 1 aliphatic carbocycles. The Hall–Kier alpha value is -1.27. The maximum absolute atomic E-state index is 12.1. The molecule has 5 nitrogen and oxygen atoms in total. The average molecular weight is 267 g/mol. The third-order valence-corrected chi connectivity index (χ3v) is 4.04. The second kappa shape index (κ2) is 5.16. The molecule has 0 spiro atoms. The molecule has 0 saturated heterocycles. The van der Waals surface area contributed by atoms with Gasteiger partial charge < -0.3 is 11.1 Å². The predicted octanol–water partition coefficient (Wildman–Crippen LogP) is 1.95. The van der Waals surface area contributed by atoms with Crippen molar-refractivity contribution in [1.29, 1.82) is 0 Å². The van der Waals surface area contributed by atoms with Crippen LogP contribution in [-0.4, -0.2) is 22.2 Å². The summed E-state index contributed by atoms with van der Waals surface area (Å²) in [5.74, 6) is -0.293. The van der Waals surface area contributed by atoms with Crippen LogP contribution < -0.4 is 11.1 Å². The van der Waals surface area contributed by atoms with Crippen molar-refractivity contribution in [2.45, 2.75) is 44.6 Å². The Bertz CT molecular complexity index is 464. The molecule has 98 valence electrons. The maximum Gasteiger partial charge on any atom is 0.246 e. The molecule has 1 saturated carbocycles. The SMILES string of the molecule is CC(=O)c1csc(NC(=O)C2(N)CCCCC2)n1. The molecule has 1 heterocycles. The summed E-state index contributed by atoms with van der Waals surface area (Å²) in [4.78, 5) is 27.3. The minimum absolute atomic E-state index is 0.105. The smallest absolute Gasteiger partial charge is 0.246 e. The van der Waals surface area contributed by atoms with Crippen molar-refractivity contribution in [3.05, 3.63) is 11.1 Å². The van der Waals surface area contributed by atoms with Gasteiger partial charge in [-0.25, -0.2) is 4.98 Å². The topological polar surface area (TPSA) is 85.1 Å². The van der Waals surface area contributed by atoms with E-state index in [1.807, 2.05) is 0 Å². The molecule has 1 aromatic rings. The van der Waals surface area contributed by atoms with Gasteiger partial charge in [0.1, 0.15) is 5.69 Å². The highest BCUT2D eigenvalue weighted by atomic mass is 32.1. The van der Waals surface area contributed by atoms with E-state index < -0.39 is 5.54 Å². The lowest BCUT2D eigenvalue weighted by Crippen LogP contribution is -2.52. The van der Waals surface area contributed by atoms with E-state index in [1.165, 1.54) is 18.3 Å². The van der Waals surface area contributed by atoms with Gasteiger partial charge in [0.25, 0.3) is 0 Å². The van der Waals surface area contributed by atoms with Crippen LogP contribution in [0.1, 0.15) is 49.5 Å². The number of nitrogens with two attached hydrogens (primary N) is 1. The lowest BCUT2D eigenvalue weighted by Gasteiger charge is -2.31.